The fraction of sp³-hybridized carbons (Fsp3) is 0.467. The second-order valence-corrected chi connectivity index (χ2v) is 4.92. The first-order valence-corrected chi connectivity index (χ1v) is 6.85. The fourth-order valence-corrected chi connectivity index (χ4v) is 2.10. The van der Waals surface area contributed by atoms with Gasteiger partial charge in [-0.2, -0.15) is 0 Å². The Morgan fingerprint density at radius 2 is 2.05 bits per heavy atom. The Kier molecular flexibility index (Phi) is 5.12. The second kappa shape index (κ2) is 7.05. The number of hydrogen-bond donors (Lipinski definition) is 1. The minimum absolute atomic E-state index is 0.121. The van der Waals surface area contributed by atoms with Gasteiger partial charge in [0.25, 0.3) is 0 Å². The number of nitrogens with two attached hydrogens (primary N) is 1. The maximum Gasteiger partial charge on any atom is 0.228 e. The van der Waals surface area contributed by atoms with Gasteiger partial charge < -0.3 is 15.4 Å². The lowest BCUT2D eigenvalue weighted by Gasteiger charge is -2.26. The quantitative estimate of drug-likeness (QED) is 0.668. The van der Waals surface area contributed by atoms with Gasteiger partial charge in [0.2, 0.25) is 5.91 Å². The van der Waals surface area contributed by atoms with Gasteiger partial charge in [-0.15, -0.1) is 0 Å². The normalized spacial score (nSPS) is 16.2. The van der Waals surface area contributed by atoms with Crippen LogP contribution in [0, 0.1) is 0 Å². The average molecular weight is 275 g/mol. The van der Waals surface area contributed by atoms with E-state index >= 15 is 0 Å². The highest BCUT2D eigenvalue weighted by atomic mass is 16.5. The molecule has 1 aromatic rings. The lowest BCUT2D eigenvalue weighted by molar-refractivity contribution is -0.133. The van der Waals surface area contributed by atoms with Gasteiger partial charge in [-0.1, -0.05) is 18.2 Å². The Morgan fingerprint density at radius 1 is 1.35 bits per heavy atom. The third-order valence-corrected chi connectivity index (χ3v) is 3.35. The third kappa shape index (κ3) is 4.06. The smallest absolute Gasteiger partial charge is 0.228 e. The fourth-order valence-electron chi connectivity index (χ4n) is 2.10. The molecule has 2 N–H and O–H groups in total. The summed E-state index contributed by atoms with van der Waals surface area (Å²) >= 11 is 0. The Hall–Kier alpha value is -1.88. The zero-order chi connectivity index (χ0) is 14.4. The highest BCUT2D eigenvalue weighted by molar-refractivity contribution is 5.99. The molecule has 108 valence electrons. The molecule has 0 radical (unpaired) electrons. The van der Waals surface area contributed by atoms with Crippen LogP contribution in [0.4, 0.5) is 5.69 Å². The predicted octanol–water partition coefficient (Wildman–Crippen LogP) is 1.48. The van der Waals surface area contributed by atoms with Crippen LogP contribution in [0.5, 0.6) is 0 Å². The van der Waals surface area contributed by atoms with E-state index in [2.05, 4.69) is 4.99 Å². The van der Waals surface area contributed by atoms with E-state index in [1.165, 1.54) is 0 Å². The number of nitrogens with zero attached hydrogens (tertiary/aromatic N) is 2. The van der Waals surface area contributed by atoms with Crippen molar-refractivity contribution >= 4 is 17.3 Å². The number of carbonyl (C=O) groups is 1. The molecular weight excluding hydrogens is 254 g/mol. The third-order valence-electron chi connectivity index (χ3n) is 3.35. The van der Waals surface area contributed by atoms with Crippen molar-refractivity contribution in [2.45, 2.75) is 19.9 Å². The molecule has 20 heavy (non-hydrogen) atoms. The Morgan fingerprint density at radius 3 is 2.75 bits per heavy atom. The van der Waals surface area contributed by atoms with Gasteiger partial charge in [0.15, 0.2) is 0 Å². The number of amides is 1. The average Bonchev–Trinajstić information content (AvgIpc) is 2.47. The molecule has 1 fully saturated rings. The van der Waals surface area contributed by atoms with Crippen molar-refractivity contribution in [3.05, 3.63) is 29.8 Å². The van der Waals surface area contributed by atoms with E-state index in [0.29, 0.717) is 39.3 Å². The van der Waals surface area contributed by atoms with Gasteiger partial charge in [-0.05, 0) is 18.6 Å². The van der Waals surface area contributed by atoms with Crippen molar-refractivity contribution in [3.8, 4) is 0 Å². The van der Waals surface area contributed by atoms with E-state index in [1.54, 1.807) is 0 Å². The number of hydrogen-bond acceptors (Lipinski definition) is 4. The number of nitrogen functional groups attached to an aromatic ring is 1. The highest BCUT2D eigenvalue weighted by Gasteiger charge is 2.17. The van der Waals surface area contributed by atoms with Crippen LogP contribution in [0.1, 0.15) is 18.9 Å². The number of benzene rings is 1. The monoisotopic (exact) mass is 275 g/mol. The first kappa shape index (κ1) is 14.5. The Bertz CT molecular complexity index is 494. The number of ether oxygens (including phenoxy) is 1. The summed E-state index contributed by atoms with van der Waals surface area (Å²) < 4.78 is 5.24. The van der Waals surface area contributed by atoms with Crippen molar-refractivity contribution in [3.63, 3.8) is 0 Å². The number of carbonyl (C=O) groups excluding carboxylic acids is 1. The lowest BCUT2D eigenvalue weighted by Crippen LogP contribution is -2.41. The number of anilines is 1. The molecule has 0 aromatic heterocycles. The molecule has 1 aromatic carbocycles. The van der Waals surface area contributed by atoms with Gasteiger partial charge in [-0.3, -0.25) is 9.79 Å². The van der Waals surface area contributed by atoms with Crippen molar-refractivity contribution < 1.29 is 9.53 Å². The SMILES string of the molecule is CC(CC(=O)N1CCOCC1)=NCc1ccccc1N. The topological polar surface area (TPSA) is 67.9 Å². The summed E-state index contributed by atoms with van der Waals surface area (Å²) in [5, 5.41) is 0. The molecule has 2 rings (SSSR count). The van der Waals surface area contributed by atoms with Crippen molar-refractivity contribution in [2.24, 2.45) is 4.99 Å². The van der Waals surface area contributed by atoms with E-state index < -0.39 is 0 Å². The van der Waals surface area contributed by atoms with E-state index in [4.69, 9.17) is 10.5 Å². The van der Waals surface area contributed by atoms with Gasteiger partial charge in [0.05, 0.1) is 26.2 Å². The van der Waals surface area contributed by atoms with E-state index in [9.17, 15) is 4.79 Å². The molecular formula is C15H21N3O2. The van der Waals surface area contributed by atoms with Crippen LogP contribution in [0.25, 0.3) is 0 Å². The summed E-state index contributed by atoms with van der Waals surface area (Å²) in [4.78, 5) is 18.3. The molecule has 0 bridgehead atoms. The van der Waals surface area contributed by atoms with Crippen LogP contribution in [-0.2, 0) is 16.1 Å². The minimum Gasteiger partial charge on any atom is -0.398 e. The number of aliphatic imine (C=N–C) groups is 1. The van der Waals surface area contributed by atoms with E-state index in [0.717, 1.165) is 17.0 Å². The largest absolute Gasteiger partial charge is 0.398 e. The van der Waals surface area contributed by atoms with Crippen LogP contribution in [0.15, 0.2) is 29.3 Å². The molecule has 1 saturated heterocycles. The molecule has 0 unspecified atom stereocenters. The van der Waals surface area contributed by atoms with Crippen LogP contribution in [-0.4, -0.2) is 42.8 Å². The van der Waals surface area contributed by atoms with Crippen LogP contribution >= 0.6 is 0 Å². The lowest BCUT2D eigenvalue weighted by atomic mass is 10.2. The number of para-hydroxylation sites is 1. The first-order valence-electron chi connectivity index (χ1n) is 6.85. The predicted molar refractivity (Wildman–Crippen MR) is 79.7 cm³/mol. The summed E-state index contributed by atoms with van der Waals surface area (Å²) in [6.45, 7) is 5.02. The van der Waals surface area contributed by atoms with Crippen molar-refractivity contribution in [2.75, 3.05) is 32.0 Å². The Balaban J connectivity index is 1.87. The maximum atomic E-state index is 12.1. The van der Waals surface area contributed by atoms with Crippen molar-refractivity contribution in [1.29, 1.82) is 0 Å². The molecule has 0 aliphatic carbocycles. The van der Waals surface area contributed by atoms with Gasteiger partial charge in [0, 0.05) is 24.5 Å². The van der Waals surface area contributed by atoms with E-state index in [-0.39, 0.29) is 5.91 Å². The summed E-state index contributed by atoms with van der Waals surface area (Å²) in [7, 11) is 0. The van der Waals surface area contributed by atoms with Crippen LogP contribution < -0.4 is 5.73 Å². The zero-order valence-corrected chi connectivity index (χ0v) is 11.8. The van der Waals surface area contributed by atoms with Gasteiger partial charge in [0.1, 0.15) is 0 Å². The summed E-state index contributed by atoms with van der Waals surface area (Å²) in [5.74, 6) is 0.121. The number of rotatable bonds is 4. The molecule has 5 nitrogen and oxygen atoms in total. The van der Waals surface area contributed by atoms with Crippen molar-refractivity contribution in [1.82, 2.24) is 4.90 Å². The molecule has 1 heterocycles. The first-order chi connectivity index (χ1) is 9.66. The summed E-state index contributed by atoms with van der Waals surface area (Å²) in [6.07, 6.45) is 0.368. The van der Waals surface area contributed by atoms with Crippen LogP contribution in [0.3, 0.4) is 0 Å². The standard InChI is InChI=1S/C15H21N3O2/c1-12(10-15(19)18-6-8-20-9-7-18)17-11-13-4-2-3-5-14(13)16/h2-5H,6-11,16H2,1H3. The van der Waals surface area contributed by atoms with Gasteiger partial charge >= 0.3 is 0 Å². The number of morpholine rings is 1. The van der Waals surface area contributed by atoms with E-state index in [1.807, 2.05) is 36.1 Å². The molecule has 1 amide bonds. The zero-order valence-electron chi connectivity index (χ0n) is 11.8. The van der Waals surface area contributed by atoms with Crippen LogP contribution in [0.2, 0.25) is 0 Å². The summed E-state index contributed by atoms with van der Waals surface area (Å²) in [5.41, 5.74) is 8.44. The molecule has 0 atom stereocenters. The highest BCUT2D eigenvalue weighted by Crippen LogP contribution is 2.12. The second-order valence-electron chi connectivity index (χ2n) is 4.92. The molecule has 0 spiro atoms. The Labute approximate surface area is 119 Å². The maximum absolute atomic E-state index is 12.1. The summed E-state index contributed by atoms with van der Waals surface area (Å²) in [6, 6.07) is 7.65. The molecule has 0 saturated carbocycles. The minimum atomic E-state index is 0.121. The molecule has 5 heteroatoms. The molecule has 1 aliphatic heterocycles. The molecule has 1 aliphatic rings. The van der Waals surface area contributed by atoms with Gasteiger partial charge in [-0.25, -0.2) is 0 Å².